The monoisotopic (exact) mass is 555 g/mol. The Labute approximate surface area is 236 Å². The lowest BCUT2D eigenvalue weighted by Crippen LogP contribution is -2.34. The van der Waals surface area contributed by atoms with E-state index in [0.717, 1.165) is 11.1 Å². The second kappa shape index (κ2) is 13.6. The fraction of sp³-hybridized carbons (Fsp3) is 0.500. The highest BCUT2D eigenvalue weighted by Crippen LogP contribution is 2.19. The van der Waals surface area contributed by atoms with Crippen molar-refractivity contribution in [2.75, 3.05) is 19.7 Å². The molecule has 10 nitrogen and oxygen atoms in total. The highest BCUT2D eigenvalue weighted by molar-refractivity contribution is 5.94. The van der Waals surface area contributed by atoms with Crippen molar-refractivity contribution in [3.8, 4) is 5.75 Å². The average Bonchev–Trinajstić information content (AvgIpc) is 3.33. The summed E-state index contributed by atoms with van der Waals surface area (Å²) < 4.78 is 16.5. The predicted molar refractivity (Wildman–Crippen MR) is 150 cm³/mol. The van der Waals surface area contributed by atoms with Gasteiger partial charge in [-0.15, -0.1) is 0 Å². The lowest BCUT2D eigenvalue weighted by atomic mass is 10.1. The second-order valence-electron chi connectivity index (χ2n) is 11.3. The van der Waals surface area contributed by atoms with Crippen molar-refractivity contribution in [1.29, 1.82) is 0 Å². The SMILES string of the molecule is CC(C)(C)OC(=O)NCc1ccc(C(=O)NCc2ccc(OCCC(=O)N3CC[C@H](OC(C)(C)O)C3)cc2)cc1. The van der Waals surface area contributed by atoms with Gasteiger partial charge in [-0.25, -0.2) is 4.79 Å². The molecule has 0 aliphatic carbocycles. The third-order valence-electron chi connectivity index (χ3n) is 5.97. The highest BCUT2D eigenvalue weighted by Gasteiger charge is 2.30. The van der Waals surface area contributed by atoms with Crippen LogP contribution in [0.5, 0.6) is 5.75 Å². The zero-order chi connectivity index (χ0) is 29.3. The number of aliphatic hydroxyl groups is 1. The molecule has 3 rings (SSSR count). The molecule has 0 bridgehead atoms. The first-order chi connectivity index (χ1) is 18.8. The molecule has 1 saturated heterocycles. The van der Waals surface area contributed by atoms with Gasteiger partial charge < -0.3 is 34.9 Å². The Morgan fingerprint density at radius 1 is 0.925 bits per heavy atom. The van der Waals surface area contributed by atoms with Crippen LogP contribution in [0.4, 0.5) is 4.79 Å². The number of alkyl carbamates (subject to hydrolysis) is 1. The lowest BCUT2D eigenvalue weighted by molar-refractivity contribution is -0.202. The first-order valence-electron chi connectivity index (χ1n) is 13.5. The minimum Gasteiger partial charge on any atom is -0.493 e. The van der Waals surface area contributed by atoms with Gasteiger partial charge in [-0.2, -0.15) is 0 Å². The predicted octanol–water partition coefficient (Wildman–Crippen LogP) is 3.76. The summed E-state index contributed by atoms with van der Waals surface area (Å²) in [5.74, 6) is -0.782. The summed E-state index contributed by atoms with van der Waals surface area (Å²) in [5, 5.41) is 15.4. The van der Waals surface area contributed by atoms with Crippen molar-refractivity contribution in [2.45, 2.75) is 78.0 Å². The first kappa shape index (κ1) is 30.9. The number of nitrogens with one attached hydrogen (secondary N) is 2. The number of hydrogen-bond acceptors (Lipinski definition) is 7. The van der Waals surface area contributed by atoms with Crippen molar-refractivity contribution >= 4 is 17.9 Å². The standard InChI is InChI=1S/C30H41N3O7/c1-29(2,3)40-28(36)32-19-21-6-10-23(11-7-21)27(35)31-18-22-8-12-24(13-9-22)38-17-15-26(34)33-16-14-25(20-33)39-30(4,5)37/h6-13,25,37H,14-20H2,1-5H3,(H,31,35)(H,32,36)/t25-/m0/s1. The average molecular weight is 556 g/mol. The van der Waals surface area contributed by atoms with E-state index in [9.17, 15) is 19.5 Å². The number of carbonyl (C=O) groups is 3. The highest BCUT2D eigenvalue weighted by atomic mass is 16.6. The van der Waals surface area contributed by atoms with E-state index in [1.807, 2.05) is 24.3 Å². The Bertz CT molecular complexity index is 1140. The van der Waals surface area contributed by atoms with Gasteiger partial charge in [0, 0.05) is 31.7 Å². The number of amides is 3. The maximum atomic E-state index is 12.5. The van der Waals surface area contributed by atoms with Crippen LogP contribution in [-0.2, 0) is 27.4 Å². The zero-order valence-corrected chi connectivity index (χ0v) is 24.0. The van der Waals surface area contributed by atoms with Gasteiger partial charge in [0.2, 0.25) is 5.91 Å². The molecule has 0 spiro atoms. The molecule has 1 heterocycles. The molecule has 1 atom stereocenters. The summed E-state index contributed by atoms with van der Waals surface area (Å²) in [6.07, 6.45) is 0.301. The Morgan fingerprint density at radius 2 is 1.52 bits per heavy atom. The third-order valence-corrected chi connectivity index (χ3v) is 5.97. The summed E-state index contributed by atoms with van der Waals surface area (Å²) in [5.41, 5.74) is 1.71. The van der Waals surface area contributed by atoms with Crippen molar-refractivity contribution in [3.05, 3.63) is 65.2 Å². The molecule has 1 aliphatic rings. The van der Waals surface area contributed by atoms with Crippen LogP contribution in [0, 0.1) is 0 Å². The normalized spacial score (nSPS) is 15.4. The van der Waals surface area contributed by atoms with Crippen molar-refractivity contribution in [1.82, 2.24) is 15.5 Å². The van der Waals surface area contributed by atoms with E-state index in [0.29, 0.717) is 43.9 Å². The molecule has 218 valence electrons. The lowest BCUT2D eigenvalue weighted by Gasteiger charge is -2.23. The quantitative estimate of drug-likeness (QED) is 0.361. The van der Waals surface area contributed by atoms with Crippen LogP contribution >= 0.6 is 0 Å². The van der Waals surface area contributed by atoms with Gasteiger partial charge in [-0.3, -0.25) is 9.59 Å². The van der Waals surface area contributed by atoms with Gasteiger partial charge >= 0.3 is 6.09 Å². The Kier molecular flexibility index (Phi) is 10.5. The van der Waals surface area contributed by atoms with Crippen LogP contribution < -0.4 is 15.4 Å². The molecule has 1 aliphatic heterocycles. The molecule has 10 heteroatoms. The molecule has 2 aromatic rings. The van der Waals surface area contributed by atoms with Crippen LogP contribution in [0.3, 0.4) is 0 Å². The molecule has 3 N–H and O–H groups in total. The Balaban J connectivity index is 1.35. The maximum Gasteiger partial charge on any atom is 0.407 e. The molecular formula is C30H41N3O7. The van der Waals surface area contributed by atoms with E-state index in [1.54, 1.807) is 63.8 Å². The smallest absolute Gasteiger partial charge is 0.407 e. The third kappa shape index (κ3) is 10.9. The molecule has 40 heavy (non-hydrogen) atoms. The van der Waals surface area contributed by atoms with E-state index < -0.39 is 17.5 Å². The van der Waals surface area contributed by atoms with Crippen LogP contribution in [0.25, 0.3) is 0 Å². The number of hydrogen-bond donors (Lipinski definition) is 3. The largest absolute Gasteiger partial charge is 0.493 e. The number of likely N-dealkylation sites (tertiary alicyclic amines) is 1. The van der Waals surface area contributed by atoms with Gasteiger partial charge in [0.25, 0.3) is 5.91 Å². The van der Waals surface area contributed by atoms with Crippen molar-refractivity contribution in [2.24, 2.45) is 0 Å². The molecule has 0 saturated carbocycles. The second-order valence-corrected chi connectivity index (χ2v) is 11.3. The summed E-state index contributed by atoms with van der Waals surface area (Å²) in [4.78, 5) is 38.5. The van der Waals surface area contributed by atoms with Crippen LogP contribution in [0.15, 0.2) is 48.5 Å². The van der Waals surface area contributed by atoms with E-state index in [1.165, 1.54) is 0 Å². The van der Waals surface area contributed by atoms with Crippen molar-refractivity contribution < 1.29 is 33.7 Å². The molecule has 0 aromatic heterocycles. The molecule has 0 radical (unpaired) electrons. The minimum absolute atomic E-state index is 0.00600. The fourth-order valence-corrected chi connectivity index (χ4v) is 4.12. The van der Waals surface area contributed by atoms with Crippen LogP contribution in [0.2, 0.25) is 0 Å². The maximum absolute atomic E-state index is 12.5. The van der Waals surface area contributed by atoms with Gasteiger partial charge in [-0.05, 0) is 76.4 Å². The molecule has 0 unspecified atom stereocenters. The van der Waals surface area contributed by atoms with Crippen LogP contribution in [-0.4, -0.2) is 65.1 Å². The van der Waals surface area contributed by atoms with E-state index in [4.69, 9.17) is 14.2 Å². The fourth-order valence-electron chi connectivity index (χ4n) is 4.12. The summed E-state index contributed by atoms with van der Waals surface area (Å²) in [7, 11) is 0. The van der Waals surface area contributed by atoms with E-state index in [2.05, 4.69) is 10.6 Å². The number of rotatable bonds is 11. The summed E-state index contributed by atoms with van der Waals surface area (Å²) in [6, 6.07) is 14.3. The topological polar surface area (TPSA) is 126 Å². The number of carbonyl (C=O) groups excluding carboxylic acids is 3. The number of benzene rings is 2. The van der Waals surface area contributed by atoms with Gasteiger partial charge in [-0.1, -0.05) is 24.3 Å². The van der Waals surface area contributed by atoms with Gasteiger partial charge in [0.1, 0.15) is 11.4 Å². The summed E-state index contributed by atoms with van der Waals surface area (Å²) in [6.45, 7) is 10.6. The first-order valence-corrected chi connectivity index (χ1v) is 13.5. The molecular weight excluding hydrogens is 514 g/mol. The van der Waals surface area contributed by atoms with Crippen LogP contribution in [0.1, 0.15) is 68.9 Å². The Morgan fingerprint density at radius 3 is 2.12 bits per heavy atom. The Hall–Kier alpha value is -3.63. The minimum atomic E-state index is -1.21. The van der Waals surface area contributed by atoms with Gasteiger partial charge in [0.15, 0.2) is 5.79 Å². The molecule has 1 fully saturated rings. The summed E-state index contributed by atoms with van der Waals surface area (Å²) >= 11 is 0. The number of ether oxygens (including phenoxy) is 3. The zero-order valence-electron chi connectivity index (χ0n) is 24.0. The van der Waals surface area contributed by atoms with Crippen molar-refractivity contribution in [3.63, 3.8) is 0 Å². The van der Waals surface area contributed by atoms with E-state index in [-0.39, 0.29) is 30.9 Å². The van der Waals surface area contributed by atoms with Gasteiger partial charge in [0.05, 0.1) is 19.1 Å². The number of nitrogens with zero attached hydrogens (tertiary/aromatic N) is 1. The molecule has 2 aromatic carbocycles. The van der Waals surface area contributed by atoms with E-state index >= 15 is 0 Å². The molecule has 3 amide bonds.